The highest BCUT2D eigenvalue weighted by molar-refractivity contribution is 6.30. The summed E-state index contributed by atoms with van der Waals surface area (Å²) < 4.78 is 0. The zero-order valence-corrected chi connectivity index (χ0v) is 16.3. The lowest BCUT2D eigenvalue weighted by Crippen LogP contribution is -2.49. The van der Waals surface area contributed by atoms with Gasteiger partial charge in [-0.15, -0.1) is 0 Å². The minimum atomic E-state index is 0.0514. The Morgan fingerprint density at radius 2 is 1.54 bits per heavy atom. The molecule has 1 aromatic heterocycles. The van der Waals surface area contributed by atoms with E-state index in [1.807, 2.05) is 29.2 Å². The van der Waals surface area contributed by atoms with Crippen molar-refractivity contribution in [2.75, 3.05) is 26.2 Å². The topological polar surface area (TPSA) is 36.4 Å². The molecule has 1 aliphatic rings. The van der Waals surface area contributed by atoms with Crippen molar-refractivity contribution in [2.45, 2.75) is 6.04 Å². The molecule has 1 saturated heterocycles. The molecule has 4 rings (SSSR count). The minimum absolute atomic E-state index is 0.0514. The zero-order valence-electron chi connectivity index (χ0n) is 15.5. The largest absolute Gasteiger partial charge is 0.336 e. The Morgan fingerprint density at radius 1 is 0.857 bits per heavy atom. The lowest BCUT2D eigenvalue weighted by Gasteiger charge is -2.39. The number of aromatic nitrogens is 1. The summed E-state index contributed by atoms with van der Waals surface area (Å²) in [6.45, 7) is 3.03. The van der Waals surface area contributed by atoms with Crippen LogP contribution in [0.1, 0.15) is 27.5 Å². The van der Waals surface area contributed by atoms with Gasteiger partial charge in [0.15, 0.2) is 0 Å². The van der Waals surface area contributed by atoms with E-state index < -0.39 is 0 Å². The predicted octanol–water partition coefficient (Wildman–Crippen LogP) is 4.28. The standard InChI is InChI=1S/C23H22ClN3O/c24-21-10-8-19(9-11-21)22(18-5-2-1-3-6-18)26-13-15-27(16-14-26)23(28)20-7-4-12-25-17-20/h1-12,17,22H,13-16H2. The maximum atomic E-state index is 12.7. The molecule has 28 heavy (non-hydrogen) atoms. The van der Waals surface area contributed by atoms with Crippen LogP contribution >= 0.6 is 11.6 Å². The molecule has 0 bridgehead atoms. The van der Waals surface area contributed by atoms with Gasteiger partial charge in [-0.25, -0.2) is 0 Å². The number of rotatable bonds is 4. The fourth-order valence-electron chi connectivity index (χ4n) is 3.75. The first-order valence-corrected chi connectivity index (χ1v) is 9.84. The van der Waals surface area contributed by atoms with Gasteiger partial charge in [0.05, 0.1) is 11.6 Å². The number of nitrogens with zero attached hydrogens (tertiary/aromatic N) is 3. The van der Waals surface area contributed by atoms with Crippen LogP contribution in [0, 0.1) is 0 Å². The Kier molecular flexibility index (Phi) is 5.70. The van der Waals surface area contributed by atoms with E-state index in [9.17, 15) is 4.79 Å². The summed E-state index contributed by atoms with van der Waals surface area (Å²) in [5.74, 6) is 0.0514. The van der Waals surface area contributed by atoms with Crippen molar-refractivity contribution in [3.05, 3.63) is 101 Å². The first-order valence-electron chi connectivity index (χ1n) is 9.46. The van der Waals surface area contributed by atoms with E-state index in [1.54, 1.807) is 18.5 Å². The summed E-state index contributed by atoms with van der Waals surface area (Å²) >= 11 is 6.10. The van der Waals surface area contributed by atoms with E-state index in [0.717, 1.165) is 18.1 Å². The third-order valence-electron chi connectivity index (χ3n) is 5.18. The summed E-state index contributed by atoms with van der Waals surface area (Å²) in [5.41, 5.74) is 3.10. The Bertz CT molecular complexity index is 908. The van der Waals surface area contributed by atoms with Crippen molar-refractivity contribution in [3.63, 3.8) is 0 Å². The lowest BCUT2D eigenvalue weighted by molar-refractivity contribution is 0.0597. The highest BCUT2D eigenvalue weighted by Gasteiger charge is 2.28. The number of piperazine rings is 1. The molecule has 2 heterocycles. The van der Waals surface area contributed by atoms with Crippen molar-refractivity contribution < 1.29 is 4.79 Å². The Hall–Kier alpha value is -2.69. The highest BCUT2D eigenvalue weighted by atomic mass is 35.5. The summed E-state index contributed by atoms with van der Waals surface area (Å²) in [5, 5.41) is 0.738. The van der Waals surface area contributed by atoms with Crippen LogP contribution in [-0.4, -0.2) is 46.9 Å². The van der Waals surface area contributed by atoms with Gasteiger partial charge in [-0.1, -0.05) is 54.1 Å². The molecule has 1 amide bonds. The Labute approximate surface area is 170 Å². The van der Waals surface area contributed by atoms with E-state index >= 15 is 0 Å². The maximum Gasteiger partial charge on any atom is 0.255 e. The normalized spacial score (nSPS) is 16.0. The van der Waals surface area contributed by atoms with E-state index in [4.69, 9.17) is 11.6 Å². The Balaban J connectivity index is 1.53. The van der Waals surface area contributed by atoms with Gasteiger partial charge in [-0.2, -0.15) is 0 Å². The van der Waals surface area contributed by atoms with E-state index in [0.29, 0.717) is 18.7 Å². The molecule has 0 N–H and O–H groups in total. The number of amides is 1. The minimum Gasteiger partial charge on any atom is -0.336 e. The summed E-state index contributed by atoms with van der Waals surface area (Å²) in [4.78, 5) is 21.1. The van der Waals surface area contributed by atoms with Crippen molar-refractivity contribution in [3.8, 4) is 0 Å². The first-order chi connectivity index (χ1) is 13.7. The van der Waals surface area contributed by atoms with Gasteiger partial charge in [0.1, 0.15) is 0 Å². The number of carbonyl (C=O) groups is 1. The van der Waals surface area contributed by atoms with Gasteiger partial charge in [0.25, 0.3) is 5.91 Å². The van der Waals surface area contributed by atoms with Crippen LogP contribution in [0.3, 0.4) is 0 Å². The van der Waals surface area contributed by atoms with Crippen molar-refractivity contribution >= 4 is 17.5 Å². The van der Waals surface area contributed by atoms with Gasteiger partial charge in [0, 0.05) is 43.6 Å². The highest BCUT2D eigenvalue weighted by Crippen LogP contribution is 2.30. The summed E-state index contributed by atoms with van der Waals surface area (Å²) in [7, 11) is 0. The van der Waals surface area contributed by atoms with Crippen LogP contribution in [0.5, 0.6) is 0 Å². The molecule has 3 aromatic rings. The van der Waals surface area contributed by atoms with E-state index in [1.165, 1.54) is 11.1 Å². The first kappa shape index (κ1) is 18.7. The average Bonchev–Trinajstić information content (AvgIpc) is 2.77. The number of hydrogen-bond acceptors (Lipinski definition) is 3. The van der Waals surface area contributed by atoms with Gasteiger partial charge < -0.3 is 4.90 Å². The molecule has 5 heteroatoms. The van der Waals surface area contributed by atoms with Crippen LogP contribution in [-0.2, 0) is 0 Å². The fourth-order valence-corrected chi connectivity index (χ4v) is 3.88. The van der Waals surface area contributed by atoms with Crippen LogP contribution in [0.25, 0.3) is 0 Å². The molecule has 0 saturated carbocycles. The molecule has 0 radical (unpaired) electrons. The number of benzene rings is 2. The quantitative estimate of drug-likeness (QED) is 0.666. The maximum absolute atomic E-state index is 12.7. The summed E-state index contributed by atoms with van der Waals surface area (Å²) in [6.07, 6.45) is 3.32. The SMILES string of the molecule is O=C(c1cccnc1)N1CCN(C(c2ccccc2)c2ccc(Cl)cc2)CC1. The van der Waals surface area contributed by atoms with Crippen LogP contribution in [0.4, 0.5) is 0 Å². The molecular weight excluding hydrogens is 370 g/mol. The molecule has 1 aliphatic heterocycles. The zero-order chi connectivity index (χ0) is 19.3. The number of pyridine rings is 1. The van der Waals surface area contributed by atoms with E-state index in [2.05, 4.69) is 46.3 Å². The molecule has 142 valence electrons. The smallest absolute Gasteiger partial charge is 0.255 e. The lowest BCUT2D eigenvalue weighted by atomic mass is 9.96. The van der Waals surface area contributed by atoms with Crippen LogP contribution in [0.15, 0.2) is 79.1 Å². The van der Waals surface area contributed by atoms with Crippen LogP contribution in [0.2, 0.25) is 5.02 Å². The van der Waals surface area contributed by atoms with Crippen molar-refractivity contribution in [1.29, 1.82) is 0 Å². The van der Waals surface area contributed by atoms with Gasteiger partial charge in [-0.05, 0) is 35.4 Å². The second kappa shape index (κ2) is 8.55. The Morgan fingerprint density at radius 3 is 2.18 bits per heavy atom. The molecule has 0 spiro atoms. The third-order valence-corrected chi connectivity index (χ3v) is 5.43. The number of hydrogen-bond donors (Lipinski definition) is 0. The second-order valence-electron chi connectivity index (χ2n) is 6.93. The molecule has 1 atom stereocenters. The van der Waals surface area contributed by atoms with Crippen molar-refractivity contribution in [2.24, 2.45) is 0 Å². The van der Waals surface area contributed by atoms with Crippen molar-refractivity contribution in [1.82, 2.24) is 14.8 Å². The van der Waals surface area contributed by atoms with Gasteiger partial charge in [0.2, 0.25) is 0 Å². The van der Waals surface area contributed by atoms with E-state index in [-0.39, 0.29) is 11.9 Å². The molecule has 4 nitrogen and oxygen atoms in total. The van der Waals surface area contributed by atoms with Gasteiger partial charge >= 0.3 is 0 Å². The number of halogens is 1. The monoisotopic (exact) mass is 391 g/mol. The van der Waals surface area contributed by atoms with Crippen LogP contribution < -0.4 is 0 Å². The molecule has 1 unspecified atom stereocenters. The molecule has 2 aromatic carbocycles. The average molecular weight is 392 g/mol. The molecule has 1 fully saturated rings. The predicted molar refractivity (Wildman–Crippen MR) is 111 cm³/mol. The summed E-state index contributed by atoms with van der Waals surface area (Å²) in [6, 6.07) is 22.3. The fraction of sp³-hybridized carbons (Fsp3) is 0.217. The second-order valence-corrected chi connectivity index (χ2v) is 7.37. The molecule has 0 aliphatic carbocycles. The third kappa shape index (κ3) is 4.08. The molecular formula is C23H22ClN3O. The number of carbonyl (C=O) groups excluding carboxylic acids is 1. The van der Waals surface area contributed by atoms with Gasteiger partial charge in [-0.3, -0.25) is 14.7 Å².